The van der Waals surface area contributed by atoms with Crippen molar-refractivity contribution in [2.75, 3.05) is 12.0 Å². The number of aliphatic hydroxyl groups is 1. The van der Waals surface area contributed by atoms with Crippen LogP contribution in [0.25, 0.3) is 0 Å². The molecule has 0 saturated carbocycles. The summed E-state index contributed by atoms with van der Waals surface area (Å²) in [5.74, 6) is -1.62. The molecule has 1 atom stereocenters. The first kappa shape index (κ1) is 17.7. The van der Waals surface area contributed by atoms with Crippen molar-refractivity contribution in [2.24, 2.45) is 0 Å². The predicted molar refractivity (Wildman–Crippen MR) is 87.2 cm³/mol. The molecule has 0 spiro atoms. The average Bonchev–Trinajstić information content (AvgIpc) is 2.59. The van der Waals surface area contributed by atoms with Crippen molar-refractivity contribution in [3.05, 3.63) is 65.7 Å². The number of benzene rings is 2. The number of para-hydroxylation sites is 1. The van der Waals surface area contributed by atoms with Crippen LogP contribution in [0.5, 0.6) is 0 Å². The van der Waals surface area contributed by atoms with Gasteiger partial charge in [-0.3, -0.25) is 10.9 Å². The number of amides is 2. The third-order valence-electron chi connectivity index (χ3n) is 3.42. The second-order valence-electron chi connectivity index (χ2n) is 5.15. The molecule has 0 aliphatic carbocycles. The van der Waals surface area contributed by atoms with Crippen LogP contribution in [-0.2, 0) is 0 Å². The number of carbonyl (C=O) groups excluding carboxylic acids is 1. The minimum Gasteiger partial charge on any atom is -0.396 e. The van der Waals surface area contributed by atoms with Gasteiger partial charge in [-0.15, -0.1) is 0 Å². The van der Waals surface area contributed by atoms with Gasteiger partial charge >= 0.3 is 6.03 Å². The molecule has 5 nitrogen and oxygen atoms in total. The molecule has 2 aromatic rings. The van der Waals surface area contributed by atoms with E-state index in [2.05, 4.69) is 16.2 Å². The lowest BCUT2D eigenvalue weighted by Gasteiger charge is -2.20. The molecular formula is C17H19F2N3O2. The molecule has 0 aliphatic rings. The molecule has 0 saturated heterocycles. The Morgan fingerprint density at radius 3 is 2.33 bits per heavy atom. The van der Waals surface area contributed by atoms with Crippen molar-refractivity contribution >= 4 is 11.7 Å². The lowest BCUT2D eigenvalue weighted by molar-refractivity contribution is 0.235. The van der Waals surface area contributed by atoms with Crippen LogP contribution in [0.15, 0.2) is 48.5 Å². The van der Waals surface area contributed by atoms with Gasteiger partial charge in [-0.2, -0.15) is 0 Å². The van der Waals surface area contributed by atoms with E-state index in [1.165, 1.54) is 6.07 Å². The number of anilines is 1. The first-order valence-electron chi connectivity index (χ1n) is 7.54. The molecule has 24 heavy (non-hydrogen) atoms. The topological polar surface area (TPSA) is 73.4 Å². The molecule has 7 heteroatoms. The van der Waals surface area contributed by atoms with Crippen LogP contribution in [-0.4, -0.2) is 17.7 Å². The van der Waals surface area contributed by atoms with Gasteiger partial charge in [0.25, 0.3) is 0 Å². The fraction of sp³-hybridized carbons (Fsp3) is 0.235. The van der Waals surface area contributed by atoms with Gasteiger partial charge in [-0.05, 0) is 30.5 Å². The fourth-order valence-electron chi connectivity index (χ4n) is 2.23. The molecule has 128 valence electrons. The zero-order valence-electron chi connectivity index (χ0n) is 12.9. The number of aliphatic hydroxyl groups excluding tert-OH is 1. The van der Waals surface area contributed by atoms with Crippen LogP contribution in [0.2, 0.25) is 0 Å². The Bertz CT molecular complexity index is 648. The van der Waals surface area contributed by atoms with Crippen molar-refractivity contribution in [1.29, 1.82) is 0 Å². The van der Waals surface area contributed by atoms with E-state index >= 15 is 0 Å². The third-order valence-corrected chi connectivity index (χ3v) is 3.42. The molecule has 2 amide bonds. The first-order chi connectivity index (χ1) is 11.6. The molecule has 0 fully saturated rings. The van der Waals surface area contributed by atoms with Gasteiger partial charge in [-0.1, -0.05) is 36.4 Å². The lowest BCUT2D eigenvalue weighted by Crippen LogP contribution is -2.41. The summed E-state index contributed by atoms with van der Waals surface area (Å²) in [4.78, 5) is 12.0. The van der Waals surface area contributed by atoms with E-state index in [0.29, 0.717) is 12.8 Å². The van der Waals surface area contributed by atoms with Crippen LogP contribution < -0.4 is 16.2 Å². The Kier molecular flexibility index (Phi) is 6.51. The van der Waals surface area contributed by atoms with Crippen LogP contribution in [0, 0.1) is 11.6 Å². The second kappa shape index (κ2) is 8.83. The number of hydrogen-bond donors (Lipinski definition) is 4. The lowest BCUT2D eigenvalue weighted by atomic mass is 10.0. The van der Waals surface area contributed by atoms with Crippen LogP contribution >= 0.6 is 0 Å². The van der Waals surface area contributed by atoms with E-state index in [4.69, 9.17) is 5.11 Å². The van der Waals surface area contributed by atoms with Crippen LogP contribution in [0.3, 0.4) is 0 Å². The van der Waals surface area contributed by atoms with Gasteiger partial charge in [0, 0.05) is 6.61 Å². The summed E-state index contributed by atoms with van der Waals surface area (Å²) in [6.07, 6.45) is 1.04. The van der Waals surface area contributed by atoms with Gasteiger partial charge in [0.2, 0.25) is 0 Å². The van der Waals surface area contributed by atoms with Crippen LogP contribution in [0.1, 0.15) is 24.4 Å². The Balaban J connectivity index is 1.97. The standard InChI is InChI=1S/C17H19F2N3O2/c18-13-8-4-9-14(19)16(13)21-22-17(24)20-15(10-5-11-23)12-6-2-1-3-7-12/h1-4,6-9,15,21,23H,5,10-11H2,(H2,20,22,24). The van der Waals surface area contributed by atoms with Crippen molar-refractivity contribution in [1.82, 2.24) is 10.7 Å². The number of halogens is 2. The maximum Gasteiger partial charge on any atom is 0.333 e. The predicted octanol–water partition coefficient (Wildman–Crippen LogP) is 3.10. The van der Waals surface area contributed by atoms with E-state index < -0.39 is 23.4 Å². The summed E-state index contributed by atoms with van der Waals surface area (Å²) in [6.45, 7) is 0.00528. The van der Waals surface area contributed by atoms with E-state index in [-0.39, 0.29) is 12.6 Å². The van der Waals surface area contributed by atoms with E-state index in [9.17, 15) is 13.6 Å². The van der Waals surface area contributed by atoms with Crippen molar-refractivity contribution in [3.63, 3.8) is 0 Å². The largest absolute Gasteiger partial charge is 0.396 e. The number of urea groups is 1. The normalized spacial score (nSPS) is 11.6. The Morgan fingerprint density at radius 1 is 1.04 bits per heavy atom. The van der Waals surface area contributed by atoms with E-state index in [1.807, 2.05) is 30.3 Å². The molecule has 0 heterocycles. The molecular weight excluding hydrogens is 316 g/mol. The van der Waals surface area contributed by atoms with Gasteiger partial charge in [0.15, 0.2) is 11.6 Å². The average molecular weight is 335 g/mol. The number of nitrogens with one attached hydrogen (secondary N) is 3. The van der Waals surface area contributed by atoms with Gasteiger partial charge in [0.1, 0.15) is 5.69 Å². The maximum atomic E-state index is 13.5. The molecule has 2 rings (SSSR count). The third kappa shape index (κ3) is 4.92. The number of hydrazine groups is 1. The summed E-state index contributed by atoms with van der Waals surface area (Å²) >= 11 is 0. The summed E-state index contributed by atoms with van der Waals surface area (Å²) < 4.78 is 27.0. The van der Waals surface area contributed by atoms with Gasteiger partial charge in [-0.25, -0.2) is 13.6 Å². The Hall–Kier alpha value is -2.67. The summed E-state index contributed by atoms with van der Waals surface area (Å²) in [5, 5.41) is 11.7. The first-order valence-corrected chi connectivity index (χ1v) is 7.54. The number of rotatable bonds is 7. The van der Waals surface area contributed by atoms with Crippen molar-refractivity contribution < 1.29 is 18.7 Å². The maximum absolute atomic E-state index is 13.5. The smallest absolute Gasteiger partial charge is 0.333 e. The van der Waals surface area contributed by atoms with Gasteiger partial charge in [0.05, 0.1) is 6.04 Å². The highest BCUT2D eigenvalue weighted by Gasteiger charge is 2.15. The number of carbonyl (C=O) groups is 1. The number of hydrogen-bond acceptors (Lipinski definition) is 3. The molecule has 0 aliphatic heterocycles. The molecule has 4 N–H and O–H groups in total. The summed E-state index contributed by atoms with van der Waals surface area (Å²) in [7, 11) is 0. The van der Waals surface area contributed by atoms with E-state index in [1.54, 1.807) is 0 Å². The molecule has 0 bridgehead atoms. The monoisotopic (exact) mass is 335 g/mol. The fourth-order valence-corrected chi connectivity index (χ4v) is 2.23. The van der Waals surface area contributed by atoms with Crippen LogP contribution in [0.4, 0.5) is 19.3 Å². The minimum absolute atomic E-state index is 0.00528. The minimum atomic E-state index is -0.810. The molecule has 0 radical (unpaired) electrons. The zero-order valence-corrected chi connectivity index (χ0v) is 12.9. The Morgan fingerprint density at radius 2 is 1.71 bits per heavy atom. The molecule has 2 aromatic carbocycles. The van der Waals surface area contributed by atoms with Gasteiger partial charge < -0.3 is 10.4 Å². The van der Waals surface area contributed by atoms with Crippen molar-refractivity contribution in [3.8, 4) is 0 Å². The second-order valence-corrected chi connectivity index (χ2v) is 5.15. The molecule has 0 aromatic heterocycles. The highest BCUT2D eigenvalue weighted by Crippen LogP contribution is 2.19. The Labute approximate surface area is 138 Å². The quantitative estimate of drug-likeness (QED) is 0.588. The molecule has 1 unspecified atom stereocenters. The highest BCUT2D eigenvalue weighted by molar-refractivity contribution is 5.76. The summed E-state index contributed by atoms with van der Waals surface area (Å²) in [6, 6.07) is 11.7. The SMILES string of the molecule is O=C(NNc1c(F)cccc1F)NC(CCCO)c1ccccc1. The highest BCUT2D eigenvalue weighted by atomic mass is 19.1. The zero-order chi connectivity index (χ0) is 17.4. The summed E-state index contributed by atoms with van der Waals surface area (Å²) in [5.41, 5.74) is 4.89. The van der Waals surface area contributed by atoms with Crippen molar-refractivity contribution in [2.45, 2.75) is 18.9 Å². The van der Waals surface area contributed by atoms with E-state index in [0.717, 1.165) is 17.7 Å².